The van der Waals surface area contributed by atoms with E-state index in [1.165, 1.54) is 13.3 Å². The molecule has 10 heteroatoms. The molecule has 0 aliphatic carbocycles. The zero-order chi connectivity index (χ0) is 24.1. The Balaban J connectivity index is 1.79. The van der Waals surface area contributed by atoms with Crippen LogP contribution in [0.1, 0.15) is 25.3 Å². The molecule has 0 spiro atoms. The molecule has 0 aliphatic heterocycles. The van der Waals surface area contributed by atoms with E-state index in [9.17, 15) is 14.4 Å². The van der Waals surface area contributed by atoms with Gasteiger partial charge in [0.25, 0.3) is 0 Å². The highest BCUT2D eigenvalue weighted by molar-refractivity contribution is 5.93. The first kappa shape index (κ1) is 25.2. The number of hydrogen-bond acceptors (Lipinski definition) is 8. The lowest BCUT2D eigenvalue weighted by Crippen LogP contribution is -2.20. The van der Waals surface area contributed by atoms with Crippen molar-refractivity contribution in [1.29, 1.82) is 0 Å². The Labute approximate surface area is 191 Å². The summed E-state index contributed by atoms with van der Waals surface area (Å²) in [4.78, 5) is 35.3. The van der Waals surface area contributed by atoms with Gasteiger partial charge < -0.3 is 24.3 Å². The molecule has 0 atom stereocenters. The Morgan fingerprint density at radius 1 is 0.939 bits per heavy atom. The molecule has 0 unspecified atom stereocenters. The van der Waals surface area contributed by atoms with Crippen LogP contribution >= 0.6 is 0 Å². The zero-order valence-corrected chi connectivity index (χ0v) is 18.8. The topological polar surface area (TPSA) is 125 Å². The average Bonchev–Trinajstić information content (AvgIpc) is 2.82. The van der Waals surface area contributed by atoms with Gasteiger partial charge in [0, 0.05) is 18.5 Å². The minimum absolute atomic E-state index is 0.00765. The highest BCUT2D eigenvalue weighted by atomic mass is 16.6. The van der Waals surface area contributed by atoms with Crippen LogP contribution in [0.3, 0.4) is 0 Å². The van der Waals surface area contributed by atoms with Crippen LogP contribution in [-0.4, -0.2) is 51.4 Å². The van der Waals surface area contributed by atoms with Gasteiger partial charge in [0.2, 0.25) is 11.8 Å². The van der Waals surface area contributed by atoms with Gasteiger partial charge in [0.05, 0.1) is 27.0 Å². The maximum Gasteiger partial charge on any atom is 0.344 e. The van der Waals surface area contributed by atoms with Gasteiger partial charge in [0.15, 0.2) is 18.1 Å². The third-order valence-corrected chi connectivity index (χ3v) is 4.19. The lowest BCUT2D eigenvalue weighted by Gasteiger charge is -2.10. The van der Waals surface area contributed by atoms with E-state index < -0.39 is 11.9 Å². The van der Waals surface area contributed by atoms with Gasteiger partial charge in [-0.3, -0.25) is 9.59 Å². The molecule has 10 nitrogen and oxygen atoms in total. The number of methoxy groups -OCH3 is 2. The maximum absolute atomic E-state index is 12.0. The highest BCUT2D eigenvalue weighted by Crippen LogP contribution is 2.27. The Hall–Kier alpha value is -4.08. The molecule has 0 saturated carbocycles. The maximum atomic E-state index is 12.0. The van der Waals surface area contributed by atoms with E-state index in [1.54, 1.807) is 56.5 Å². The van der Waals surface area contributed by atoms with Gasteiger partial charge in [-0.1, -0.05) is 0 Å². The number of carbonyl (C=O) groups excluding carboxylic acids is 3. The molecular formula is C23H27N3O7. The number of amides is 2. The van der Waals surface area contributed by atoms with Crippen LogP contribution in [-0.2, 0) is 19.1 Å². The molecule has 2 N–H and O–H groups in total. The molecule has 0 aromatic heterocycles. The first-order valence-corrected chi connectivity index (χ1v) is 10.2. The number of anilines is 1. The average molecular weight is 457 g/mol. The van der Waals surface area contributed by atoms with Crippen molar-refractivity contribution in [3.63, 3.8) is 0 Å². The van der Waals surface area contributed by atoms with Crippen molar-refractivity contribution < 1.29 is 33.3 Å². The van der Waals surface area contributed by atoms with E-state index in [0.717, 1.165) is 0 Å². The van der Waals surface area contributed by atoms with Gasteiger partial charge in [-0.05, 0) is 55.0 Å². The number of rotatable bonds is 12. The minimum atomic E-state index is -0.481. The smallest absolute Gasteiger partial charge is 0.344 e. The van der Waals surface area contributed by atoms with E-state index in [-0.39, 0.29) is 32.0 Å². The Morgan fingerprint density at radius 2 is 1.67 bits per heavy atom. The van der Waals surface area contributed by atoms with Crippen molar-refractivity contribution in [2.75, 3.05) is 32.8 Å². The number of nitrogens with one attached hydrogen (secondary N) is 2. The van der Waals surface area contributed by atoms with E-state index >= 15 is 0 Å². The van der Waals surface area contributed by atoms with Crippen molar-refractivity contribution in [3.05, 3.63) is 48.0 Å². The number of nitrogens with zero attached hydrogens (tertiary/aromatic N) is 1. The van der Waals surface area contributed by atoms with Crippen molar-refractivity contribution in [2.24, 2.45) is 5.10 Å². The van der Waals surface area contributed by atoms with E-state index in [2.05, 4.69) is 15.8 Å². The number of ether oxygens (including phenoxy) is 4. The summed E-state index contributed by atoms with van der Waals surface area (Å²) in [6.45, 7) is 1.75. The third-order valence-electron chi connectivity index (χ3n) is 4.19. The third kappa shape index (κ3) is 8.90. The van der Waals surface area contributed by atoms with Gasteiger partial charge in [-0.25, -0.2) is 10.2 Å². The predicted octanol–water partition coefficient (Wildman–Crippen LogP) is 2.51. The molecule has 2 amide bonds. The molecule has 0 heterocycles. The first-order chi connectivity index (χ1) is 15.9. The molecular weight excluding hydrogens is 430 g/mol. The largest absolute Gasteiger partial charge is 0.497 e. The number of benzene rings is 2. The molecule has 2 aromatic rings. The molecule has 2 aromatic carbocycles. The zero-order valence-electron chi connectivity index (χ0n) is 18.8. The van der Waals surface area contributed by atoms with Crippen LogP contribution < -0.4 is 25.0 Å². The quantitative estimate of drug-likeness (QED) is 0.285. The van der Waals surface area contributed by atoms with Gasteiger partial charge in [0.1, 0.15) is 5.75 Å². The van der Waals surface area contributed by atoms with Gasteiger partial charge in [-0.2, -0.15) is 5.10 Å². The fourth-order valence-corrected chi connectivity index (χ4v) is 2.58. The van der Waals surface area contributed by atoms with E-state index in [1.807, 2.05) is 0 Å². The summed E-state index contributed by atoms with van der Waals surface area (Å²) in [5, 5.41) is 6.59. The van der Waals surface area contributed by atoms with Crippen LogP contribution in [0.25, 0.3) is 0 Å². The number of hydrazone groups is 1. The normalized spacial score (nSPS) is 10.4. The molecule has 0 bridgehead atoms. The molecule has 176 valence electrons. The summed E-state index contributed by atoms with van der Waals surface area (Å²) in [5.41, 5.74) is 3.62. The summed E-state index contributed by atoms with van der Waals surface area (Å²) >= 11 is 0. The monoisotopic (exact) mass is 457 g/mol. The van der Waals surface area contributed by atoms with Crippen LogP contribution in [0, 0.1) is 0 Å². The number of carbonyl (C=O) groups is 3. The SMILES string of the molecule is CCOC(=O)COc1ccc(C=NNC(=O)CCC(=O)Nc2ccc(OC)cc2)cc1OC. The number of hydrogen-bond donors (Lipinski definition) is 2. The Morgan fingerprint density at radius 3 is 2.33 bits per heavy atom. The Bertz CT molecular complexity index is 975. The molecule has 2 rings (SSSR count). The van der Waals surface area contributed by atoms with Crippen LogP contribution in [0.5, 0.6) is 17.2 Å². The molecule has 33 heavy (non-hydrogen) atoms. The highest BCUT2D eigenvalue weighted by Gasteiger charge is 2.09. The van der Waals surface area contributed by atoms with Crippen molar-refractivity contribution in [2.45, 2.75) is 19.8 Å². The van der Waals surface area contributed by atoms with Crippen LogP contribution in [0.15, 0.2) is 47.6 Å². The summed E-state index contributed by atoms with van der Waals surface area (Å²) in [5.74, 6) is 0.270. The molecule has 0 fully saturated rings. The van der Waals surface area contributed by atoms with E-state index in [0.29, 0.717) is 28.5 Å². The Kier molecular flexibility index (Phi) is 10.2. The minimum Gasteiger partial charge on any atom is -0.497 e. The van der Waals surface area contributed by atoms with Crippen molar-refractivity contribution in [1.82, 2.24) is 5.43 Å². The van der Waals surface area contributed by atoms with Gasteiger partial charge >= 0.3 is 5.97 Å². The van der Waals surface area contributed by atoms with Crippen molar-refractivity contribution >= 4 is 29.7 Å². The first-order valence-electron chi connectivity index (χ1n) is 10.2. The van der Waals surface area contributed by atoms with Crippen molar-refractivity contribution in [3.8, 4) is 17.2 Å². The van der Waals surface area contributed by atoms with Crippen LogP contribution in [0.4, 0.5) is 5.69 Å². The van der Waals surface area contributed by atoms with Gasteiger partial charge in [-0.15, -0.1) is 0 Å². The summed E-state index contributed by atoms with van der Waals surface area (Å²) in [6.07, 6.45) is 1.41. The molecule has 0 saturated heterocycles. The van der Waals surface area contributed by atoms with Crippen LogP contribution in [0.2, 0.25) is 0 Å². The second kappa shape index (κ2) is 13.4. The second-order valence-electron chi connectivity index (χ2n) is 6.57. The molecule has 0 aliphatic rings. The standard InChI is InChI=1S/C23H27N3O7/c1-4-32-23(29)15-33-19-10-5-16(13-20(19)31-3)14-24-26-22(28)12-11-21(27)25-17-6-8-18(30-2)9-7-17/h5-10,13-14H,4,11-12,15H2,1-3H3,(H,25,27)(H,26,28). The van der Waals surface area contributed by atoms with E-state index in [4.69, 9.17) is 18.9 Å². The summed E-state index contributed by atoms with van der Waals surface area (Å²) in [6, 6.07) is 11.8. The lowest BCUT2D eigenvalue weighted by atomic mass is 10.2. The number of esters is 1. The molecule has 0 radical (unpaired) electrons. The fourth-order valence-electron chi connectivity index (χ4n) is 2.58. The summed E-state index contributed by atoms with van der Waals surface area (Å²) in [7, 11) is 3.02. The lowest BCUT2D eigenvalue weighted by molar-refractivity contribution is -0.145. The summed E-state index contributed by atoms with van der Waals surface area (Å²) < 4.78 is 20.5. The second-order valence-corrected chi connectivity index (χ2v) is 6.57. The predicted molar refractivity (Wildman–Crippen MR) is 122 cm³/mol. The fraction of sp³-hybridized carbons (Fsp3) is 0.304.